The van der Waals surface area contributed by atoms with Crippen molar-refractivity contribution in [2.24, 2.45) is 5.92 Å². The maximum atomic E-state index is 13.0. The molecule has 31 heavy (non-hydrogen) atoms. The van der Waals surface area contributed by atoms with Crippen LogP contribution in [-0.4, -0.2) is 33.1 Å². The molecule has 2 amide bonds. The normalized spacial score (nSPS) is 16.1. The molecule has 1 fully saturated rings. The zero-order valence-electron chi connectivity index (χ0n) is 16.8. The Kier molecular flexibility index (Phi) is 4.92. The molecule has 4 aromatic rings. The van der Waals surface area contributed by atoms with Crippen LogP contribution in [0.5, 0.6) is 0 Å². The average Bonchev–Trinajstić information content (AvgIpc) is 3.44. The van der Waals surface area contributed by atoms with E-state index in [0.717, 1.165) is 27.7 Å². The van der Waals surface area contributed by atoms with Gasteiger partial charge >= 0.3 is 0 Å². The van der Waals surface area contributed by atoms with Crippen LogP contribution in [0.4, 0.5) is 11.4 Å². The highest BCUT2D eigenvalue weighted by molar-refractivity contribution is 6.08. The zero-order valence-corrected chi connectivity index (χ0v) is 16.8. The lowest BCUT2D eigenvalue weighted by Crippen LogP contribution is -2.28. The molecule has 1 aliphatic heterocycles. The summed E-state index contributed by atoms with van der Waals surface area (Å²) in [4.78, 5) is 31.5. The van der Waals surface area contributed by atoms with Gasteiger partial charge in [-0.1, -0.05) is 54.6 Å². The highest BCUT2D eigenvalue weighted by atomic mass is 16.2. The molecule has 0 saturated carbocycles. The van der Waals surface area contributed by atoms with Crippen LogP contribution >= 0.6 is 0 Å². The van der Waals surface area contributed by atoms with Crippen LogP contribution in [0.25, 0.3) is 10.8 Å². The summed E-state index contributed by atoms with van der Waals surface area (Å²) in [7, 11) is 0. The fraction of sp³-hybridized carbons (Fsp3) is 0.167. The molecule has 0 aliphatic carbocycles. The summed E-state index contributed by atoms with van der Waals surface area (Å²) >= 11 is 0. The van der Waals surface area contributed by atoms with Gasteiger partial charge < -0.3 is 10.2 Å². The van der Waals surface area contributed by atoms with Crippen molar-refractivity contribution in [3.05, 3.63) is 84.9 Å². The van der Waals surface area contributed by atoms with Gasteiger partial charge in [0.15, 0.2) is 0 Å². The lowest BCUT2D eigenvalue weighted by molar-refractivity contribution is -0.122. The highest BCUT2D eigenvalue weighted by Gasteiger charge is 2.35. The number of hydrogen-bond donors (Lipinski definition) is 1. The van der Waals surface area contributed by atoms with Crippen LogP contribution < -0.4 is 10.2 Å². The minimum atomic E-state index is -0.411. The van der Waals surface area contributed by atoms with Crippen molar-refractivity contribution in [1.29, 1.82) is 0 Å². The third kappa shape index (κ3) is 3.77. The number of rotatable bonds is 5. The van der Waals surface area contributed by atoms with Gasteiger partial charge in [-0.25, -0.2) is 9.67 Å². The van der Waals surface area contributed by atoms with E-state index in [1.165, 1.54) is 6.33 Å². The first kappa shape index (κ1) is 19.0. The van der Waals surface area contributed by atoms with E-state index in [-0.39, 0.29) is 18.2 Å². The maximum Gasteiger partial charge on any atom is 0.229 e. The summed E-state index contributed by atoms with van der Waals surface area (Å²) < 4.78 is 1.70. The second-order valence-corrected chi connectivity index (χ2v) is 7.64. The van der Waals surface area contributed by atoms with Gasteiger partial charge in [0.05, 0.1) is 18.2 Å². The molecule has 1 aliphatic rings. The van der Waals surface area contributed by atoms with Crippen LogP contribution in [0.1, 0.15) is 12.0 Å². The van der Waals surface area contributed by atoms with Crippen molar-refractivity contribution in [2.75, 3.05) is 16.8 Å². The Bertz CT molecular complexity index is 1250. The van der Waals surface area contributed by atoms with E-state index >= 15 is 0 Å². The Hall–Kier alpha value is -4.00. The molecule has 7 heteroatoms. The molecule has 1 N–H and O–H groups in total. The number of amides is 2. The topological polar surface area (TPSA) is 80.1 Å². The molecule has 5 rings (SSSR count). The summed E-state index contributed by atoms with van der Waals surface area (Å²) in [5.74, 6) is -0.597. The third-order valence-electron chi connectivity index (χ3n) is 5.63. The Morgan fingerprint density at radius 3 is 2.71 bits per heavy atom. The van der Waals surface area contributed by atoms with E-state index in [4.69, 9.17) is 0 Å². The monoisotopic (exact) mass is 411 g/mol. The molecule has 1 atom stereocenters. The Morgan fingerprint density at radius 2 is 1.84 bits per heavy atom. The van der Waals surface area contributed by atoms with Crippen molar-refractivity contribution < 1.29 is 9.59 Å². The fourth-order valence-corrected chi connectivity index (χ4v) is 4.06. The molecule has 0 spiro atoms. The first-order valence-corrected chi connectivity index (χ1v) is 10.2. The number of nitrogens with one attached hydrogen (secondary N) is 1. The maximum absolute atomic E-state index is 13.0. The van der Waals surface area contributed by atoms with Gasteiger partial charge in [0.2, 0.25) is 11.8 Å². The number of para-hydroxylation sites is 1. The molecule has 3 aromatic carbocycles. The number of anilines is 2. The van der Waals surface area contributed by atoms with Crippen molar-refractivity contribution in [3.63, 3.8) is 0 Å². The highest BCUT2D eigenvalue weighted by Crippen LogP contribution is 2.32. The molecule has 2 heterocycles. The van der Waals surface area contributed by atoms with Gasteiger partial charge in [-0.15, -0.1) is 0 Å². The number of fused-ring (bicyclic) bond motifs is 1. The molecule has 1 saturated heterocycles. The second kappa shape index (κ2) is 8.02. The average molecular weight is 411 g/mol. The molecule has 0 radical (unpaired) electrons. The van der Waals surface area contributed by atoms with Crippen LogP contribution in [-0.2, 0) is 16.1 Å². The van der Waals surface area contributed by atoms with E-state index in [2.05, 4.69) is 15.4 Å². The number of benzene rings is 3. The van der Waals surface area contributed by atoms with E-state index in [1.807, 2.05) is 66.7 Å². The Balaban J connectivity index is 1.34. The first-order valence-electron chi connectivity index (χ1n) is 10.2. The van der Waals surface area contributed by atoms with Gasteiger partial charge in [0, 0.05) is 24.0 Å². The van der Waals surface area contributed by atoms with Gasteiger partial charge in [-0.2, -0.15) is 5.10 Å². The first-order chi connectivity index (χ1) is 15.2. The van der Waals surface area contributed by atoms with Gasteiger partial charge in [-0.05, 0) is 23.1 Å². The van der Waals surface area contributed by atoms with Crippen molar-refractivity contribution in [3.8, 4) is 0 Å². The Morgan fingerprint density at radius 1 is 1.03 bits per heavy atom. The molecule has 1 aromatic heterocycles. The SMILES string of the molecule is O=C(Nc1ccccc1Cn1cncn1)C1CC(=O)N(c2cccc3ccccc23)C1. The molecular weight excluding hydrogens is 390 g/mol. The predicted octanol–water partition coefficient (Wildman–Crippen LogP) is 3.47. The van der Waals surface area contributed by atoms with Gasteiger partial charge in [0.1, 0.15) is 12.7 Å². The lowest BCUT2D eigenvalue weighted by Gasteiger charge is -2.19. The molecule has 1 unspecified atom stereocenters. The van der Waals surface area contributed by atoms with E-state index in [0.29, 0.717) is 13.1 Å². The molecule has 7 nitrogen and oxygen atoms in total. The van der Waals surface area contributed by atoms with E-state index in [1.54, 1.807) is 15.9 Å². The van der Waals surface area contributed by atoms with Crippen LogP contribution in [0.2, 0.25) is 0 Å². The summed E-state index contributed by atoms with van der Waals surface area (Å²) in [6.07, 6.45) is 3.31. The van der Waals surface area contributed by atoms with Crippen LogP contribution in [0, 0.1) is 5.92 Å². The number of aromatic nitrogens is 3. The number of carbonyl (C=O) groups excluding carboxylic acids is 2. The smallest absolute Gasteiger partial charge is 0.229 e. The summed E-state index contributed by atoms with van der Waals surface area (Å²) in [5.41, 5.74) is 2.50. The molecular formula is C24H21N5O2. The van der Waals surface area contributed by atoms with Crippen LogP contribution in [0.3, 0.4) is 0 Å². The number of hydrogen-bond acceptors (Lipinski definition) is 4. The van der Waals surface area contributed by atoms with Crippen molar-refractivity contribution in [1.82, 2.24) is 14.8 Å². The largest absolute Gasteiger partial charge is 0.325 e. The van der Waals surface area contributed by atoms with Gasteiger partial charge in [-0.3, -0.25) is 9.59 Å². The Labute approximate surface area is 179 Å². The second-order valence-electron chi connectivity index (χ2n) is 7.64. The fourth-order valence-electron chi connectivity index (χ4n) is 4.06. The standard InChI is InChI=1S/C24H21N5O2/c30-23-12-19(14-29(23)22-11-5-8-17-6-1-3-9-20(17)22)24(31)27-21-10-4-2-7-18(21)13-28-16-25-15-26-28/h1-11,15-16,19H,12-14H2,(H,27,31). The number of carbonyl (C=O) groups is 2. The summed E-state index contributed by atoms with van der Waals surface area (Å²) in [6.45, 7) is 0.867. The van der Waals surface area contributed by atoms with Crippen LogP contribution in [0.15, 0.2) is 79.4 Å². The summed E-state index contributed by atoms with van der Waals surface area (Å²) in [6, 6.07) is 21.5. The lowest BCUT2D eigenvalue weighted by atomic mass is 10.1. The van der Waals surface area contributed by atoms with E-state index < -0.39 is 5.92 Å². The van der Waals surface area contributed by atoms with Crippen molar-refractivity contribution >= 4 is 34.0 Å². The van der Waals surface area contributed by atoms with E-state index in [9.17, 15) is 9.59 Å². The predicted molar refractivity (Wildman–Crippen MR) is 119 cm³/mol. The minimum absolute atomic E-state index is 0.0348. The van der Waals surface area contributed by atoms with Crippen molar-refractivity contribution in [2.45, 2.75) is 13.0 Å². The third-order valence-corrected chi connectivity index (χ3v) is 5.63. The quantitative estimate of drug-likeness (QED) is 0.545. The minimum Gasteiger partial charge on any atom is -0.325 e. The summed E-state index contributed by atoms with van der Waals surface area (Å²) in [5, 5.41) is 9.23. The van der Waals surface area contributed by atoms with Gasteiger partial charge in [0.25, 0.3) is 0 Å². The molecule has 154 valence electrons. The number of nitrogens with zero attached hydrogens (tertiary/aromatic N) is 4. The zero-order chi connectivity index (χ0) is 21.2. The molecule has 0 bridgehead atoms.